The molecule has 4 nitrogen and oxygen atoms in total. The first kappa shape index (κ1) is 15.0. The number of hydrogen-bond acceptors (Lipinski definition) is 4. The molecule has 2 aromatic rings. The standard InChI is InChI=1S/C17H20N4/c1-3-6-16-20-15(11-17(21-16)19-9-4-2)14-8-5-7-13(10-14)12-18/h5,7-8,10-11H,3-4,6,9H2,1-2H3,(H,19,20,21). The van der Waals surface area contributed by atoms with Crippen LogP contribution in [0.15, 0.2) is 30.3 Å². The van der Waals surface area contributed by atoms with E-state index < -0.39 is 0 Å². The molecule has 0 bridgehead atoms. The highest BCUT2D eigenvalue weighted by atomic mass is 15.0. The Balaban J connectivity index is 2.40. The van der Waals surface area contributed by atoms with Crippen LogP contribution >= 0.6 is 0 Å². The number of aromatic nitrogens is 2. The van der Waals surface area contributed by atoms with Gasteiger partial charge in [-0.05, 0) is 25.0 Å². The van der Waals surface area contributed by atoms with Gasteiger partial charge in [-0.1, -0.05) is 26.0 Å². The number of benzene rings is 1. The maximum atomic E-state index is 9.02. The Morgan fingerprint density at radius 3 is 2.71 bits per heavy atom. The Morgan fingerprint density at radius 2 is 2.00 bits per heavy atom. The van der Waals surface area contributed by atoms with Crippen molar-refractivity contribution < 1.29 is 0 Å². The molecular weight excluding hydrogens is 260 g/mol. The average molecular weight is 280 g/mol. The third-order valence-corrected chi connectivity index (χ3v) is 3.09. The highest BCUT2D eigenvalue weighted by Crippen LogP contribution is 2.21. The maximum absolute atomic E-state index is 9.02. The van der Waals surface area contributed by atoms with Crippen LogP contribution in [-0.2, 0) is 6.42 Å². The minimum absolute atomic E-state index is 0.645. The van der Waals surface area contributed by atoms with Crippen LogP contribution in [0.1, 0.15) is 38.1 Å². The third kappa shape index (κ3) is 4.03. The van der Waals surface area contributed by atoms with Gasteiger partial charge in [-0.3, -0.25) is 0 Å². The van der Waals surface area contributed by atoms with E-state index in [1.54, 1.807) is 6.07 Å². The predicted molar refractivity (Wildman–Crippen MR) is 85.0 cm³/mol. The van der Waals surface area contributed by atoms with Gasteiger partial charge in [0.2, 0.25) is 0 Å². The van der Waals surface area contributed by atoms with Crippen molar-refractivity contribution in [2.75, 3.05) is 11.9 Å². The Kier molecular flexibility index (Phi) is 5.28. The lowest BCUT2D eigenvalue weighted by Crippen LogP contribution is -2.06. The molecule has 0 radical (unpaired) electrons. The molecule has 0 saturated carbocycles. The monoisotopic (exact) mass is 280 g/mol. The van der Waals surface area contributed by atoms with Gasteiger partial charge in [0, 0.05) is 24.6 Å². The molecule has 1 heterocycles. The van der Waals surface area contributed by atoms with E-state index in [-0.39, 0.29) is 0 Å². The molecule has 0 saturated heterocycles. The zero-order valence-corrected chi connectivity index (χ0v) is 12.6. The van der Waals surface area contributed by atoms with Gasteiger partial charge in [0.25, 0.3) is 0 Å². The molecule has 0 atom stereocenters. The van der Waals surface area contributed by atoms with Gasteiger partial charge < -0.3 is 5.32 Å². The van der Waals surface area contributed by atoms with Crippen molar-refractivity contribution in [2.24, 2.45) is 0 Å². The molecule has 0 unspecified atom stereocenters. The van der Waals surface area contributed by atoms with Gasteiger partial charge in [-0.2, -0.15) is 5.26 Å². The van der Waals surface area contributed by atoms with Gasteiger partial charge in [0.05, 0.1) is 17.3 Å². The van der Waals surface area contributed by atoms with Crippen molar-refractivity contribution in [1.29, 1.82) is 5.26 Å². The number of rotatable bonds is 6. The number of hydrogen-bond donors (Lipinski definition) is 1. The number of aryl methyl sites for hydroxylation is 1. The second-order valence-corrected chi connectivity index (χ2v) is 4.92. The van der Waals surface area contributed by atoms with Crippen LogP contribution in [-0.4, -0.2) is 16.5 Å². The molecule has 0 amide bonds. The SMILES string of the molecule is CCCNc1cc(-c2cccc(C#N)c2)nc(CCC)n1. The van der Waals surface area contributed by atoms with Gasteiger partial charge in [0.1, 0.15) is 11.6 Å². The highest BCUT2D eigenvalue weighted by Gasteiger charge is 2.07. The first-order chi connectivity index (χ1) is 10.3. The quantitative estimate of drug-likeness (QED) is 0.874. The molecule has 4 heteroatoms. The Hall–Kier alpha value is -2.41. The average Bonchev–Trinajstić information content (AvgIpc) is 2.53. The van der Waals surface area contributed by atoms with Crippen molar-refractivity contribution in [3.05, 3.63) is 41.7 Å². The fourth-order valence-electron chi connectivity index (χ4n) is 2.07. The van der Waals surface area contributed by atoms with Gasteiger partial charge in [0.15, 0.2) is 0 Å². The summed E-state index contributed by atoms with van der Waals surface area (Å²) >= 11 is 0. The summed E-state index contributed by atoms with van der Waals surface area (Å²) in [7, 11) is 0. The molecule has 0 fully saturated rings. The first-order valence-corrected chi connectivity index (χ1v) is 7.39. The summed E-state index contributed by atoms with van der Waals surface area (Å²) in [6, 6.07) is 11.6. The molecule has 0 aliphatic heterocycles. The number of nitriles is 1. The van der Waals surface area contributed by atoms with Crippen LogP contribution in [0.5, 0.6) is 0 Å². The summed E-state index contributed by atoms with van der Waals surface area (Å²) in [5.41, 5.74) is 2.46. The normalized spacial score (nSPS) is 10.1. The Bertz CT molecular complexity index is 643. The molecule has 1 aromatic heterocycles. The fourth-order valence-corrected chi connectivity index (χ4v) is 2.07. The molecular formula is C17H20N4. The lowest BCUT2D eigenvalue weighted by atomic mass is 10.1. The molecule has 108 valence electrons. The molecule has 0 aliphatic carbocycles. The molecule has 1 N–H and O–H groups in total. The van der Waals surface area contributed by atoms with Crippen LogP contribution in [0.3, 0.4) is 0 Å². The fraction of sp³-hybridized carbons (Fsp3) is 0.353. The topological polar surface area (TPSA) is 61.6 Å². The number of nitrogens with one attached hydrogen (secondary N) is 1. The first-order valence-electron chi connectivity index (χ1n) is 7.39. The minimum atomic E-state index is 0.645. The molecule has 0 aliphatic rings. The second-order valence-electron chi connectivity index (χ2n) is 4.92. The van der Waals surface area contributed by atoms with Crippen LogP contribution in [0, 0.1) is 11.3 Å². The number of nitrogens with zero attached hydrogens (tertiary/aromatic N) is 3. The summed E-state index contributed by atoms with van der Waals surface area (Å²) in [4.78, 5) is 9.16. The lowest BCUT2D eigenvalue weighted by Gasteiger charge is -2.09. The molecule has 21 heavy (non-hydrogen) atoms. The van der Waals surface area contributed by atoms with Crippen molar-refractivity contribution in [3.63, 3.8) is 0 Å². The van der Waals surface area contributed by atoms with Crippen LogP contribution < -0.4 is 5.32 Å². The van der Waals surface area contributed by atoms with E-state index in [0.29, 0.717) is 5.56 Å². The summed E-state index contributed by atoms with van der Waals surface area (Å²) in [5.74, 6) is 1.70. The second kappa shape index (κ2) is 7.39. The van der Waals surface area contributed by atoms with E-state index in [9.17, 15) is 0 Å². The van der Waals surface area contributed by atoms with E-state index in [0.717, 1.165) is 48.7 Å². The maximum Gasteiger partial charge on any atom is 0.131 e. The van der Waals surface area contributed by atoms with Crippen molar-refractivity contribution >= 4 is 5.82 Å². The summed E-state index contributed by atoms with van der Waals surface area (Å²) < 4.78 is 0. The Morgan fingerprint density at radius 1 is 1.14 bits per heavy atom. The van der Waals surface area contributed by atoms with Crippen molar-refractivity contribution in [1.82, 2.24) is 9.97 Å². The third-order valence-electron chi connectivity index (χ3n) is 3.09. The van der Waals surface area contributed by atoms with Gasteiger partial charge in [-0.25, -0.2) is 9.97 Å². The molecule has 2 rings (SSSR count). The number of anilines is 1. The lowest BCUT2D eigenvalue weighted by molar-refractivity contribution is 0.834. The van der Waals surface area contributed by atoms with Crippen LogP contribution in [0.25, 0.3) is 11.3 Å². The largest absolute Gasteiger partial charge is 0.370 e. The van der Waals surface area contributed by atoms with E-state index in [1.807, 2.05) is 24.3 Å². The zero-order valence-electron chi connectivity index (χ0n) is 12.6. The summed E-state index contributed by atoms with van der Waals surface area (Å²) in [6.07, 6.45) is 2.91. The summed E-state index contributed by atoms with van der Waals surface area (Å²) in [6.45, 7) is 5.13. The van der Waals surface area contributed by atoms with Crippen molar-refractivity contribution in [2.45, 2.75) is 33.1 Å². The van der Waals surface area contributed by atoms with E-state index in [1.165, 1.54) is 0 Å². The van der Waals surface area contributed by atoms with Gasteiger partial charge >= 0.3 is 0 Å². The highest BCUT2D eigenvalue weighted by molar-refractivity contribution is 5.64. The van der Waals surface area contributed by atoms with E-state index >= 15 is 0 Å². The predicted octanol–water partition coefficient (Wildman–Crippen LogP) is 3.79. The zero-order chi connectivity index (χ0) is 15.1. The smallest absolute Gasteiger partial charge is 0.131 e. The summed E-state index contributed by atoms with van der Waals surface area (Å²) in [5, 5.41) is 12.3. The van der Waals surface area contributed by atoms with Gasteiger partial charge in [-0.15, -0.1) is 0 Å². The van der Waals surface area contributed by atoms with E-state index in [2.05, 4.69) is 35.2 Å². The Labute approximate surface area is 125 Å². The molecule has 0 spiro atoms. The molecule has 1 aromatic carbocycles. The minimum Gasteiger partial charge on any atom is -0.370 e. The van der Waals surface area contributed by atoms with Crippen LogP contribution in [0.2, 0.25) is 0 Å². The van der Waals surface area contributed by atoms with Crippen molar-refractivity contribution in [3.8, 4) is 17.3 Å². The van der Waals surface area contributed by atoms with Crippen LogP contribution in [0.4, 0.5) is 5.82 Å². The van der Waals surface area contributed by atoms with E-state index in [4.69, 9.17) is 5.26 Å².